The fourth-order valence-electron chi connectivity index (χ4n) is 5.77. The summed E-state index contributed by atoms with van der Waals surface area (Å²) < 4.78 is 38.5. The summed E-state index contributed by atoms with van der Waals surface area (Å²) in [6.07, 6.45) is 42.9. The van der Waals surface area contributed by atoms with Crippen LogP contribution in [0.15, 0.2) is 12.2 Å². The third-order valence-corrected chi connectivity index (χ3v) is 8.93. The van der Waals surface area contributed by atoms with Crippen molar-refractivity contribution in [1.29, 1.82) is 0 Å². The summed E-state index contributed by atoms with van der Waals surface area (Å²) in [6, 6.07) is 0. The monoisotopic (exact) mass is 622 g/mol. The normalized spacial score (nSPS) is 12.6. The maximum Gasteiger partial charge on any atom is 1.00 e. The minimum atomic E-state index is -4.62. The molecular weight excluding hydrogens is 551 g/mol. The van der Waals surface area contributed by atoms with Gasteiger partial charge in [-0.25, -0.2) is 8.42 Å². The van der Waals surface area contributed by atoms with Crippen molar-refractivity contribution < 1.29 is 46.7 Å². The minimum absolute atomic E-state index is 0. The van der Waals surface area contributed by atoms with Crippen LogP contribution >= 0.6 is 0 Å². The van der Waals surface area contributed by atoms with E-state index in [1.807, 2.05) is 0 Å². The fraction of sp³-hybridized carbons (Fsp3) is 0.944. The molecule has 6 heteroatoms. The summed E-state index contributed by atoms with van der Waals surface area (Å²) in [5.74, 6) is 0. The van der Waals surface area contributed by atoms with Gasteiger partial charge in [0.25, 0.3) is 0 Å². The van der Waals surface area contributed by atoms with Crippen LogP contribution in [-0.2, 0) is 14.6 Å². The van der Waals surface area contributed by atoms with Crippen molar-refractivity contribution in [3.8, 4) is 0 Å². The Balaban J connectivity index is 0. The number of allylic oxidation sites excluding steroid dienone is 2. The summed E-state index contributed by atoms with van der Waals surface area (Å²) in [6.45, 7) is 4.54. The van der Waals surface area contributed by atoms with Crippen LogP contribution in [0.3, 0.4) is 0 Å². The van der Waals surface area contributed by atoms with Crippen LogP contribution in [-0.4, -0.2) is 19.1 Å². The van der Waals surface area contributed by atoms with Crippen LogP contribution in [0.25, 0.3) is 0 Å². The summed E-state index contributed by atoms with van der Waals surface area (Å²) >= 11 is 0. The molecule has 0 saturated heterocycles. The molecule has 0 aromatic heterocycles. The van der Waals surface area contributed by atoms with Gasteiger partial charge in [0, 0.05) is 0 Å². The first-order valence-electron chi connectivity index (χ1n) is 18.3. The number of hydrogen-bond donors (Lipinski definition) is 0. The third kappa shape index (κ3) is 38.6. The predicted octanol–water partition coefficient (Wildman–Crippen LogP) is 9.52. The smallest absolute Gasteiger partial charge is 0.726 e. The second-order valence-corrected chi connectivity index (χ2v) is 13.6. The third-order valence-electron chi connectivity index (χ3n) is 8.42. The quantitative estimate of drug-likeness (QED) is 0.0236. The van der Waals surface area contributed by atoms with E-state index >= 15 is 0 Å². The Morgan fingerprint density at radius 1 is 0.476 bits per heavy atom. The Labute approximate surface area is 286 Å². The maximum absolute atomic E-state index is 11.2. The van der Waals surface area contributed by atoms with Crippen molar-refractivity contribution in [3.63, 3.8) is 0 Å². The van der Waals surface area contributed by atoms with E-state index in [9.17, 15) is 13.0 Å². The Morgan fingerprint density at radius 3 is 1.02 bits per heavy atom. The predicted molar refractivity (Wildman–Crippen MR) is 178 cm³/mol. The molecule has 246 valence electrons. The van der Waals surface area contributed by atoms with Crippen LogP contribution < -0.4 is 29.6 Å². The van der Waals surface area contributed by atoms with Crippen molar-refractivity contribution >= 4 is 10.4 Å². The number of rotatable bonds is 34. The van der Waals surface area contributed by atoms with E-state index in [1.165, 1.54) is 161 Å². The van der Waals surface area contributed by atoms with Gasteiger partial charge in [-0.05, 0) is 38.5 Å². The van der Waals surface area contributed by atoms with E-state index in [1.54, 1.807) is 0 Å². The molecule has 0 amide bonds. The molecule has 0 saturated carbocycles. The average Bonchev–Trinajstić information content (AvgIpc) is 2.94. The zero-order valence-corrected chi connectivity index (χ0v) is 31.5. The fourth-order valence-corrected chi connectivity index (χ4v) is 6.30. The minimum Gasteiger partial charge on any atom is -0.726 e. The molecule has 0 aromatic carbocycles. The molecule has 0 aliphatic carbocycles. The van der Waals surface area contributed by atoms with Crippen molar-refractivity contribution in [1.82, 2.24) is 0 Å². The first kappa shape index (κ1) is 44.7. The van der Waals surface area contributed by atoms with E-state index in [2.05, 4.69) is 26.0 Å². The van der Waals surface area contributed by atoms with Gasteiger partial charge in [-0.1, -0.05) is 187 Å². The zero-order chi connectivity index (χ0) is 30.1. The molecule has 0 spiro atoms. The summed E-state index contributed by atoms with van der Waals surface area (Å²) in [5.41, 5.74) is 0. The molecule has 1 unspecified atom stereocenters. The molecule has 0 aliphatic rings. The molecule has 1 atom stereocenters. The molecule has 0 bridgehead atoms. The van der Waals surface area contributed by atoms with E-state index in [4.69, 9.17) is 4.18 Å². The van der Waals surface area contributed by atoms with Gasteiger partial charge in [0.15, 0.2) is 0 Å². The average molecular weight is 623 g/mol. The Kier molecular flexibility index (Phi) is 38.4. The van der Waals surface area contributed by atoms with Gasteiger partial charge in [-0.2, -0.15) is 0 Å². The van der Waals surface area contributed by atoms with Crippen molar-refractivity contribution in [2.75, 3.05) is 0 Å². The van der Waals surface area contributed by atoms with E-state index in [-0.39, 0.29) is 29.6 Å². The maximum atomic E-state index is 11.2. The largest absolute Gasteiger partial charge is 1.00 e. The zero-order valence-electron chi connectivity index (χ0n) is 28.7. The second kappa shape index (κ2) is 36.1. The first-order valence-corrected chi connectivity index (χ1v) is 19.6. The molecule has 0 radical (unpaired) electrons. The Hall–Kier alpha value is 0.610. The topological polar surface area (TPSA) is 66.4 Å². The first-order chi connectivity index (χ1) is 20.0. The van der Waals surface area contributed by atoms with Crippen LogP contribution in [0.1, 0.15) is 213 Å². The van der Waals surface area contributed by atoms with Gasteiger partial charge >= 0.3 is 29.6 Å². The SMILES string of the molecule is CCCCCCCC/C=C\CCCCCCCCC(CCCCCCCCCCCCCCCCC)OS(=O)(=O)[O-].[Na+]. The van der Waals surface area contributed by atoms with E-state index in [0.717, 1.165) is 25.7 Å². The van der Waals surface area contributed by atoms with Crippen molar-refractivity contribution in [2.24, 2.45) is 0 Å². The van der Waals surface area contributed by atoms with E-state index in [0.29, 0.717) is 12.8 Å². The summed E-state index contributed by atoms with van der Waals surface area (Å²) in [4.78, 5) is 0. The van der Waals surface area contributed by atoms with Crippen LogP contribution in [0, 0.1) is 0 Å². The molecule has 0 rings (SSSR count). The van der Waals surface area contributed by atoms with Gasteiger partial charge in [0.05, 0.1) is 6.10 Å². The van der Waals surface area contributed by atoms with Gasteiger partial charge in [0.1, 0.15) is 0 Å². The Morgan fingerprint density at radius 2 is 0.738 bits per heavy atom. The summed E-state index contributed by atoms with van der Waals surface area (Å²) in [5, 5.41) is 0. The molecule has 0 aromatic rings. The van der Waals surface area contributed by atoms with Crippen LogP contribution in [0.2, 0.25) is 0 Å². The van der Waals surface area contributed by atoms with Crippen molar-refractivity contribution in [2.45, 2.75) is 219 Å². The van der Waals surface area contributed by atoms with E-state index < -0.39 is 16.5 Å². The van der Waals surface area contributed by atoms with Gasteiger partial charge < -0.3 is 4.55 Å². The van der Waals surface area contributed by atoms with Gasteiger partial charge in [0.2, 0.25) is 10.4 Å². The van der Waals surface area contributed by atoms with Gasteiger partial charge in [-0.3, -0.25) is 4.18 Å². The molecule has 0 N–H and O–H groups in total. The molecule has 0 aliphatic heterocycles. The number of unbranched alkanes of at least 4 members (excludes halogenated alkanes) is 26. The molecular formula is C36H71NaO4S. The Bertz CT molecular complexity index is 638. The molecule has 4 nitrogen and oxygen atoms in total. The van der Waals surface area contributed by atoms with Crippen LogP contribution in [0.5, 0.6) is 0 Å². The molecule has 42 heavy (non-hydrogen) atoms. The summed E-state index contributed by atoms with van der Waals surface area (Å²) in [7, 11) is -4.62. The molecule has 0 heterocycles. The standard InChI is InChI=1S/C36H72O4S.Na/c1-3-5-7-9-11-13-15-17-19-21-23-25-27-29-31-33-35-36(40-41(37,38)39)34-32-30-28-26-24-22-20-18-16-14-12-10-8-6-4-2;/h17,19,36H,3-16,18,20-35H2,1-2H3,(H,37,38,39);/q;+1/p-1/b19-17-;. The number of hydrogen-bond acceptors (Lipinski definition) is 4. The molecule has 0 fully saturated rings. The van der Waals surface area contributed by atoms with Crippen LogP contribution in [0.4, 0.5) is 0 Å². The second-order valence-electron chi connectivity index (χ2n) is 12.6. The van der Waals surface area contributed by atoms with Crippen molar-refractivity contribution in [3.05, 3.63) is 12.2 Å². The van der Waals surface area contributed by atoms with Gasteiger partial charge in [-0.15, -0.1) is 0 Å².